The Morgan fingerprint density at radius 2 is 1.80 bits per heavy atom. The van der Waals surface area contributed by atoms with Gasteiger partial charge in [0.05, 0.1) is 0 Å². The minimum absolute atomic E-state index is 0.486. The maximum Gasteiger partial charge on any atom is 0.0469 e. The van der Waals surface area contributed by atoms with Gasteiger partial charge in [0.1, 0.15) is 0 Å². The molecule has 0 aromatic heterocycles. The van der Waals surface area contributed by atoms with Crippen LogP contribution in [0, 0.1) is 5.92 Å². The summed E-state index contributed by atoms with van der Waals surface area (Å²) >= 11 is 0. The van der Waals surface area contributed by atoms with E-state index in [1.807, 2.05) is 0 Å². The molecule has 1 aromatic carbocycles. The molecule has 1 aromatic rings. The molecule has 0 saturated carbocycles. The summed E-state index contributed by atoms with van der Waals surface area (Å²) in [6.07, 6.45) is 4.61. The third-order valence-electron chi connectivity index (χ3n) is 4.51. The van der Waals surface area contributed by atoms with Crippen molar-refractivity contribution >= 4 is 0 Å². The van der Waals surface area contributed by atoms with E-state index in [2.05, 4.69) is 44.3 Å². The second-order valence-electron chi connectivity index (χ2n) is 5.72. The van der Waals surface area contributed by atoms with Crippen molar-refractivity contribution in [1.29, 1.82) is 0 Å². The topological polar surface area (TPSA) is 21.3 Å². The van der Waals surface area contributed by atoms with Crippen LogP contribution in [-0.2, 0) is 17.6 Å². The molecule has 1 heterocycles. The van der Waals surface area contributed by atoms with Gasteiger partial charge >= 0.3 is 0 Å². The summed E-state index contributed by atoms with van der Waals surface area (Å²) in [5.74, 6) is 0.709. The monoisotopic (exact) mass is 275 g/mol. The molecule has 0 aliphatic carbocycles. The van der Waals surface area contributed by atoms with E-state index in [1.54, 1.807) is 0 Å². The lowest BCUT2D eigenvalue weighted by Crippen LogP contribution is -2.32. The Labute approximate surface area is 123 Å². The van der Waals surface area contributed by atoms with E-state index in [0.717, 1.165) is 32.6 Å². The number of ether oxygens (including phenoxy) is 1. The number of rotatable bonds is 6. The highest BCUT2D eigenvalue weighted by molar-refractivity contribution is 5.34. The first-order valence-corrected chi connectivity index (χ1v) is 8.22. The molecule has 1 fully saturated rings. The summed E-state index contributed by atoms with van der Waals surface area (Å²) in [6, 6.07) is 7.58. The zero-order chi connectivity index (χ0) is 14.4. The summed E-state index contributed by atoms with van der Waals surface area (Å²) in [7, 11) is 0. The maximum absolute atomic E-state index is 5.52. The van der Waals surface area contributed by atoms with Gasteiger partial charge in [0.2, 0.25) is 0 Å². The molecule has 1 N–H and O–H groups in total. The minimum Gasteiger partial charge on any atom is -0.381 e. The van der Waals surface area contributed by atoms with E-state index < -0.39 is 0 Å². The van der Waals surface area contributed by atoms with Crippen molar-refractivity contribution in [1.82, 2.24) is 5.32 Å². The van der Waals surface area contributed by atoms with Gasteiger partial charge in [0, 0.05) is 19.3 Å². The Morgan fingerprint density at radius 1 is 1.10 bits per heavy atom. The number of aryl methyl sites for hydroxylation is 2. The molecule has 0 bridgehead atoms. The van der Waals surface area contributed by atoms with Crippen LogP contribution in [0.4, 0.5) is 0 Å². The third-order valence-corrected chi connectivity index (χ3v) is 4.51. The van der Waals surface area contributed by atoms with Gasteiger partial charge in [-0.05, 0) is 54.8 Å². The molecule has 0 amide bonds. The van der Waals surface area contributed by atoms with Gasteiger partial charge in [0.25, 0.3) is 0 Å². The van der Waals surface area contributed by atoms with E-state index in [-0.39, 0.29) is 0 Å². The first-order valence-electron chi connectivity index (χ1n) is 8.22. The van der Waals surface area contributed by atoms with Crippen LogP contribution in [0.2, 0.25) is 0 Å². The van der Waals surface area contributed by atoms with Gasteiger partial charge in [-0.3, -0.25) is 0 Å². The fourth-order valence-electron chi connectivity index (χ4n) is 3.34. The van der Waals surface area contributed by atoms with Crippen LogP contribution >= 0.6 is 0 Å². The predicted octanol–water partition coefficient (Wildman–Crippen LogP) is 3.89. The van der Waals surface area contributed by atoms with Crippen LogP contribution in [0.25, 0.3) is 0 Å². The molecule has 20 heavy (non-hydrogen) atoms. The van der Waals surface area contributed by atoms with Crippen molar-refractivity contribution in [2.45, 2.75) is 52.5 Å². The summed E-state index contributed by atoms with van der Waals surface area (Å²) in [6.45, 7) is 9.57. The minimum atomic E-state index is 0.486. The third kappa shape index (κ3) is 3.62. The number of nitrogens with one attached hydrogen (secondary N) is 1. The summed E-state index contributed by atoms with van der Waals surface area (Å²) in [5, 5.41) is 3.70. The number of hydrogen-bond donors (Lipinski definition) is 1. The highest BCUT2D eigenvalue weighted by atomic mass is 16.5. The Bertz CT molecular complexity index is 410. The average molecular weight is 275 g/mol. The van der Waals surface area contributed by atoms with Crippen LogP contribution in [0.3, 0.4) is 0 Å². The maximum atomic E-state index is 5.52. The molecule has 2 nitrogen and oxygen atoms in total. The van der Waals surface area contributed by atoms with Gasteiger partial charge in [-0.1, -0.05) is 39.0 Å². The number of benzene rings is 1. The first kappa shape index (κ1) is 15.5. The largest absolute Gasteiger partial charge is 0.381 e. The molecule has 0 spiro atoms. The molecule has 2 rings (SSSR count). The zero-order valence-corrected chi connectivity index (χ0v) is 13.2. The molecule has 1 unspecified atom stereocenters. The predicted molar refractivity (Wildman–Crippen MR) is 85.2 cm³/mol. The van der Waals surface area contributed by atoms with Crippen LogP contribution < -0.4 is 5.32 Å². The van der Waals surface area contributed by atoms with Gasteiger partial charge in [-0.25, -0.2) is 0 Å². The molecular weight excluding hydrogens is 246 g/mol. The van der Waals surface area contributed by atoms with Gasteiger partial charge in [-0.15, -0.1) is 0 Å². The van der Waals surface area contributed by atoms with Gasteiger partial charge < -0.3 is 10.1 Å². The molecular formula is C18H29NO. The Hall–Kier alpha value is -0.860. The van der Waals surface area contributed by atoms with Crippen molar-refractivity contribution in [2.75, 3.05) is 19.8 Å². The van der Waals surface area contributed by atoms with Crippen molar-refractivity contribution in [3.63, 3.8) is 0 Å². The highest BCUT2D eigenvalue weighted by Gasteiger charge is 2.25. The molecule has 112 valence electrons. The second kappa shape index (κ2) is 7.80. The molecule has 1 saturated heterocycles. The van der Waals surface area contributed by atoms with E-state index in [4.69, 9.17) is 4.74 Å². The SMILES string of the molecule is CCNC(c1ccc(CC)c(CC)c1)C1CCOCC1. The average Bonchev–Trinajstić information content (AvgIpc) is 2.52. The Morgan fingerprint density at radius 3 is 2.40 bits per heavy atom. The van der Waals surface area contributed by atoms with Gasteiger partial charge in [0.15, 0.2) is 0 Å². The standard InChI is InChI=1S/C18H29NO/c1-4-14-7-8-17(13-15(14)5-2)18(19-6-3)16-9-11-20-12-10-16/h7-8,13,16,18-19H,4-6,9-12H2,1-3H3. The summed E-state index contributed by atoms with van der Waals surface area (Å²) in [4.78, 5) is 0. The van der Waals surface area contributed by atoms with E-state index in [0.29, 0.717) is 12.0 Å². The molecule has 0 radical (unpaired) electrons. The first-order chi connectivity index (χ1) is 9.80. The smallest absolute Gasteiger partial charge is 0.0469 e. The molecule has 2 heteroatoms. The fourth-order valence-corrected chi connectivity index (χ4v) is 3.34. The lowest BCUT2D eigenvalue weighted by molar-refractivity contribution is 0.0538. The molecule has 1 atom stereocenters. The lowest BCUT2D eigenvalue weighted by atomic mass is 9.85. The van der Waals surface area contributed by atoms with Crippen molar-refractivity contribution in [3.8, 4) is 0 Å². The fraction of sp³-hybridized carbons (Fsp3) is 0.667. The summed E-state index contributed by atoms with van der Waals surface area (Å²) in [5.41, 5.74) is 4.48. The van der Waals surface area contributed by atoms with E-state index in [9.17, 15) is 0 Å². The van der Waals surface area contributed by atoms with Crippen LogP contribution in [-0.4, -0.2) is 19.8 Å². The van der Waals surface area contributed by atoms with Gasteiger partial charge in [-0.2, -0.15) is 0 Å². The van der Waals surface area contributed by atoms with Crippen LogP contribution in [0.1, 0.15) is 56.3 Å². The zero-order valence-electron chi connectivity index (χ0n) is 13.2. The van der Waals surface area contributed by atoms with Crippen LogP contribution in [0.15, 0.2) is 18.2 Å². The second-order valence-corrected chi connectivity index (χ2v) is 5.72. The van der Waals surface area contributed by atoms with Crippen LogP contribution in [0.5, 0.6) is 0 Å². The quantitative estimate of drug-likeness (QED) is 0.850. The molecule has 1 aliphatic heterocycles. The Kier molecular flexibility index (Phi) is 6.06. The normalized spacial score (nSPS) is 18.1. The van der Waals surface area contributed by atoms with E-state index >= 15 is 0 Å². The van der Waals surface area contributed by atoms with Crippen molar-refractivity contribution in [3.05, 3.63) is 34.9 Å². The highest BCUT2D eigenvalue weighted by Crippen LogP contribution is 2.31. The Balaban J connectivity index is 2.23. The van der Waals surface area contributed by atoms with Crippen molar-refractivity contribution in [2.24, 2.45) is 5.92 Å². The summed E-state index contributed by atoms with van der Waals surface area (Å²) < 4.78 is 5.52. The lowest BCUT2D eigenvalue weighted by Gasteiger charge is -2.31. The van der Waals surface area contributed by atoms with E-state index in [1.165, 1.54) is 29.5 Å². The van der Waals surface area contributed by atoms with Crippen molar-refractivity contribution < 1.29 is 4.74 Å². The molecule has 1 aliphatic rings. The number of hydrogen-bond acceptors (Lipinski definition) is 2.